The van der Waals surface area contributed by atoms with Crippen LogP contribution in [-0.2, 0) is 21.7 Å². The summed E-state index contributed by atoms with van der Waals surface area (Å²) < 4.78 is 2.49. The number of hydrogen-bond acceptors (Lipinski definition) is 0. The van der Waals surface area contributed by atoms with Crippen LogP contribution in [-0.4, -0.2) is 0 Å². The van der Waals surface area contributed by atoms with Crippen molar-refractivity contribution in [3.63, 3.8) is 0 Å². The van der Waals surface area contributed by atoms with E-state index >= 15 is 0 Å². The number of fused-ring (bicyclic) bond motifs is 4. The second-order valence-electron chi connectivity index (χ2n) is 13.1. The topological polar surface area (TPSA) is 0 Å². The lowest BCUT2D eigenvalue weighted by atomic mass is 9.62. The second kappa shape index (κ2) is 6.85. The summed E-state index contributed by atoms with van der Waals surface area (Å²) in [6.45, 7) is 19.3. The van der Waals surface area contributed by atoms with Crippen molar-refractivity contribution in [1.82, 2.24) is 0 Å². The van der Waals surface area contributed by atoms with Gasteiger partial charge in [-0.3, -0.25) is 0 Å². The molecule has 0 fully saturated rings. The molecular formula is C30H36Br2. The van der Waals surface area contributed by atoms with E-state index in [1.165, 1.54) is 78.4 Å². The fourth-order valence-electron chi connectivity index (χ4n) is 6.24. The first kappa shape index (κ1) is 22.9. The van der Waals surface area contributed by atoms with Crippen molar-refractivity contribution in [2.24, 2.45) is 0 Å². The molecule has 0 aliphatic heterocycles. The largest absolute Gasteiger partial charge is 0.0558 e. The predicted octanol–water partition coefficient (Wildman–Crippen LogP) is 10.2. The van der Waals surface area contributed by atoms with Gasteiger partial charge in [-0.15, -0.1) is 0 Å². The van der Waals surface area contributed by atoms with Crippen LogP contribution in [0.1, 0.15) is 103 Å². The highest BCUT2D eigenvalue weighted by molar-refractivity contribution is 9.11. The molecule has 2 aliphatic rings. The second-order valence-corrected chi connectivity index (χ2v) is 14.6. The normalized spacial score (nSPS) is 22.6. The Labute approximate surface area is 210 Å². The average Bonchev–Trinajstić information content (AvgIpc) is 2.71. The van der Waals surface area contributed by atoms with Gasteiger partial charge >= 0.3 is 0 Å². The van der Waals surface area contributed by atoms with Gasteiger partial charge in [0.05, 0.1) is 0 Å². The Kier molecular flexibility index (Phi) is 4.90. The van der Waals surface area contributed by atoms with Crippen molar-refractivity contribution in [1.29, 1.82) is 0 Å². The van der Waals surface area contributed by atoms with E-state index in [0.717, 1.165) is 0 Å². The van der Waals surface area contributed by atoms with Gasteiger partial charge in [-0.25, -0.2) is 0 Å². The van der Waals surface area contributed by atoms with E-state index < -0.39 is 0 Å². The molecule has 170 valence electrons. The van der Waals surface area contributed by atoms with Crippen LogP contribution in [0.25, 0.3) is 21.5 Å². The molecular weight excluding hydrogens is 520 g/mol. The molecule has 3 aromatic rings. The molecule has 2 heteroatoms. The Balaban J connectivity index is 1.92. The van der Waals surface area contributed by atoms with Gasteiger partial charge in [0, 0.05) is 8.95 Å². The minimum Gasteiger partial charge on any atom is -0.0558 e. The number of benzene rings is 3. The maximum Gasteiger partial charge on any atom is 0.0333 e. The highest BCUT2D eigenvalue weighted by Crippen LogP contribution is 2.52. The molecule has 0 bridgehead atoms. The molecule has 3 aromatic carbocycles. The molecule has 0 heterocycles. The van der Waals surface area contributed by atoms with Crippen LogP contribution in [0.4, 0.5) is 0 Å². The van der Waals surface area contributed by atoms with E-state index in [-0.39, 0.29) is 21.7 Å². The summed E-state index contributed by atoms with van der Waals surface area (Å²) >= 11 is 8.17. The van der Waals surface area contributed by atoms with Gasteiger partial charge in [-0.2, -0.15) is 0 Å². The summed E-state index contributed by atoms with van der Waals surface area (Å²) in [5.74, 6) is 0. The first-order valence-corrected chi connectivity index (χ1v) is 13.7. The van der Waals surface area contributed by atoms with E-state index in [0.29, 0.717) is 0 Å². The lowest BCUT2D eigenvalue weighted by molar-refractivity contribution is 0.332. The van der Waals surface area contributed by atoms with Gasteiger partial charge in [0.2, 0.25) is 0 Å². The quantitative estimate of drug-likeness (QED) is 0.242. The fraction of sp³-hybridized carbons (Fsp3) is 0.533. The summed E-state index contributed by atoms with van der Waals surface area (Å²) in [6, 6.07) is 9.98. The fourth-order valence-corrected chi connectivity index (χ4v) is 7.56. The Morgan fingerprint density at radius 1 is 0.438 bits per heavy atom. The molecule has 0 unspecified atom stereocenters. The molecule has 0 N–H and O–H groups in total. The molecule has 0 nitrogen and oxygen atoms in total. The van der Waals surface area contributed by atoms with Gasteiger partial charge in [0.15, 0.2) is 0 Å². The molecule has 5 rings (SSSR count). The maximum atomic E-state index is 4.08. The van der Waals surface area contributed by atoms with Crippen LogP contribution < -0.4 is 0 Å². The highest BCUT2D eigenvalue weighted by atomic mass is 79.9. The van der Waals surface area contributed by atoms with E-state index in [1.54, 1.807) is 0 Å². The summed E-state index contributed by atoms with van der Waals surface area (Å²) in [6.07, 6.45) is 4.95. The zero-order valence-electron chi connectivity index (χ0n) is 20.9. The van der Waals surface area contributed by atoms with Gasteiger partial charge < -0.3 is 0 Å². The van der Waals surface area contributed by atoms with E-state index in [1.807, 2.05) is 0 Å². The zero-order valence-corrected chi connectivity index (χ0v) is 24.1. The van der Waals surface area contributed by atoms with Gasteiger partial charge in [-0.1, -0.05) is 55.4 Å². The number of halogens is 2. The van der Waals surface area contributed by atoms with Crippen molar-refractivity contribution in [2.45, 2.75) is 103 Å². The van der Waals surface area contributed by atoms with Crippen LogP contribution in [0.15, 0.2) is 33.2 Å². The van der Waals surface area contributed by atoms with Crippen LogP contribution in [0.3, 0.4) is 0 Å². The number of hydrogen-bond donors (Lipinski definition) is 0. The Morgan fingerprint density at radius 3 is 0.812 bits per heavy atom. The molecule has 2 aliphatic carbocycles. The number of rotatable bonds is 0. The molecule has 0 spiro atoms. The van der Waals surface area contributed by atoms with E-state index in [4.69, 9.17) is 0 Å². The summed E-state index contributed by atoms with van der Waals surface area (Å²) in [4.78, 5) is 0. The molecule has 0 radical (unpaired) electrons. The third-order valence-electron chi connectivity index (χ3n) is 8.93. The Hall–Kier alpha value is -0.860. The van der Waals surface area contributed by atoms with Gasteiger partial charge in [0.1, 0.15) is 0 Å². The highest BCUT2D eigenvalue weighted by Gasteiger charge is 2.39. The lowest BCUT2D eigenvalue weighted by Crippen LogP contribution is -2.34. The van der Waals surface area contributed by atoms with Crippen molar-refractivity contribution >= 4 is 53.4 Å². The summed E-state index contributed by atoms with van der Waals surface area (Å²) in [5, 5.41) is 5.34. The first-order valence-electron chi connectivity index (χ1n) is 12.1. The third-order valence-corrected chi connectivity index (χ3v) is 10.6. The van der Waals surface area contributed by atoms with Crippen molar-refractivity contribution in [2.75, 3.05) is 0 Å². The standard InChI is InChI=1S/C30H36Br2/c1-27(2)9-10-28(3,4)22-14-18-17(13-21(22)27)25(31)19-15-23-24(16-20(19)26(18)32)30(7,8)12-11-29(23,5)6/h13-16H,9-12H2,1-8H3. The van der Waals surface area contributed by atoms with E-state index in [2.05, 4.69) is 112 Å². The van der Waals surface area contributed by atoms with Crippen molar-refractivity contribution in [3.8, 4) is 0 Å². The Morgan fingerprint density at radius 2 is 0.625 bits per heavy atom. The molecule has 0 saturated carbocycles. The van der Waals surface area contributed by atoms with Crippen LogP contribution in [0.5, 0.6) is 0 Å². The monoisotopic (exact) mass is 554 g/mol. The Bertz CT molecular complexity index is 1090. The molecule has 0 atom stereocenters. The first-order chi connectivity index (χ1) is 14.7. The van der Waals surface area contributed by atoms with Crippen molar-refractivity contribution in [3.05, 3.63) is 55.5 Å². The van der Waals surface area contributed by atoms with E-state index in [9.17, 15) is 0 Å². The minimum atomic E-state index is 0.210. The molecule has 0 amide bonds. The maximum absolute atomic E-state index is 4.08. The van der Waals surface area contributed by atoms with Crippen LogP contribution in [0, 0.1) is 0 Å². The average molecular weight is 556 g/mol. The summed E-state index contributed by atoms with van der Waals surface area (Å²) in [7, 11) is 0. The summed E-state index contributed by atoms with van der Waals surface area (Å²) in [5.41, 5.74) is 6.92. The smallest absolute Gasteiger partial charge is 0.0333 e. The van der Waals surface area contributed by atoms with Crippen LogP contribution in [0.2, 0.25) is 0 Å². The third kappa shape index (κ3) is 3.18. The predicted molar refractivity (Wildman–Crippen MR) is 147 cm³/mol. The van der Waals surface area contributed by atoms with Crippen LogP contribution >= 0.6 is 31.9 Å². The van der Waals surface area contributed by atoms with Gasteiger partial charge in [-0.05, 0) is 147 Å². The minimum absolute atomic E-state index is 0.210. The van der Waals surface area contributed by atoms with Crippen molar-refractivity contribution < 1.29 is 0 Å². The SMILES string of the molecule is CC1(C)CCC(C)(C)c2cc3c(Br)c4cc5c(cc4c(Br)c3cc21)C(C)(C)CCC5(C)C. The zero-order chi connectivity index (χ0) is 23.4. The molecule has 0 saturated heterocycles. The molecule has 0 aromatic heterocycles. The lowest BCUT2D eigenvalue weighted by Gasteiger charge is -2.43. The molecule has 32 heavy (non-hydrogen) atoms. The van der Waals surface area contributed by atoms with Gasteiger partial charge in [0.25, 0.3) is 0 Å².